The Kier molecular flexibility index (Phi) is 7.45. The summed E-state index contributed by atoms with van der Waals surface area (Å²) in [6.07, 6.45) is 20.8. The monoisotopic (exact) mass is 542 g/mol. The van der Waals surface area contributed by atoms with Crippen molar-refractivity contribution in [2.75, 3.05) is 6.54 Å². The van der Waals surface area contributed by atoms with Crippen molar-refractivity contribution in [2.24, 2.45) is 40.4 Å². The minimum absolute atomic E-state index is 0.0451. The maximum atomic E-state index is 13.7. The molecular weight excluding hydrogens is 492 g/mol. The van der Waals surface area contributed by atoms with E-state index in [0.29, 0.717) is 30.7 Å². The highest BCUT2D eigenvalue weighted by Crippen LogP contribution is 2.64. The highest BCUT2D eigenvalue weighted by Gasteiger charge is 2.60. The van der Waals surface area contributed by atoms with E-state index in [1.807, 2.05) is 24.3 Å². The minimum Gasteiger partial charge on any atom is -0.387 e. The molecule has 0 aromatic heterocycles. The smallest absolute Gasteiger partial charge is 0.223 e. The molecule has 1 aromatic carbocycles. The first-order valence-corrected chi connectivity index (χ1v) is 15.9. The number of amides is 1. The van der Waals surface area contributed by atoms with Crippen molar-refractivity contribution < 1.29 is 11.0 Å². The Bertz CT molecular complexity index is 1270. The third-order valence-electron chi connectivity index (χ3n) is 11.6. The predicted molar refractivity (Wildman–Crippen MR) is 161 cm³/mol. The molecule has 0 radical (unpaired) electrons. The molecule has 40 heavy (non-hydrogen) atoms. The third kappa shape index (κ3) is 5.12. The number of unbranched alkanes of at least 4 members (excludes halogenated alkanes) is 1. The van der Waals surface area contributed by atoms with Crippen molar-refractivity contribution in [3.8, 4) is 0 Å². The Morgan fingerprint density at radius 1 is 1.07 bits per heavy atom. The Balaban J connectivity index is 1.05. The highest BCUT2D eigenvalue weighted by molar-refractivity contribution is 5.91. The van der Waals surface area contributed by atoms with Gasteiger partial charge in [-0.2, -0.15) is 0 Å². The molecule has 1 amide bonds. The van der Waals surface area contributed by atoms with E-state index in [1.165, 1.54) is 16.8 Å². The Morgan fingerprint density at radius 3 is 2.75 bits per heavy atom. The van der Waals surface area contributed by atoms with Gasteiger partial charge in [0.05, 0.1) is 0 Å². The van der Waals surface area contributed by atoms with Crippen LogP contribution < -0.4 is 10.6 Å². The number of hydrogen-bond acceptors (Lipinski definition) is 3. The number of carbonyl (C=O) groups is 2. The van der Waals surface area contributed by atoms with E-state index in [9.17, 15) is 9.59 Å². The second kappa shape index (κ2) is 11.3. The molecule has 7 atom stereocenters. The number of piperidine rings is 1. The van der Waals surface area contributed by atoms with Crippen LogP contribution in [0.2, 0.25) is 0 Å². The molecule has 6 rings (SSSR count). The molecule has 4 nitrogen and oxygen atoms in total. The van der Waals surface area contributed by atoms with E-state index in [1.54, 1.807) is 0 Å². The molecule has 4 aliphatic carbocycles. The van der Waals surface area contributed by atoms with Crippen LogP contribution >= 0.6 is 0 Å². The van der Waals surface area contributed by atoms with Crippen LogP contribution in [0.15, 0.2) is 60.3 Å². The van der Waals surface area contributed by atoms with Gasteiger partial charge in [-0.25, -0.2) is 0 Å². The fourth-order valence-electron chi connectivity index (χ4n) is 9.27. The van der Waals surface area contributed by atoms with Crippen LogP contribution in [0.4, 0.5) is 0 Å². The van der Waals surface area contributed by atoms with Crippen molar-refractivity contribution in [3.63, 3.8) is 0 Å². The average molecular weight is 543 g/mol. The van der Waals surface area contributed by atoms with Gasteiger partial charge in [-0.05, 0) is 98.0 Å². The van der Waals surface area contributed by atoms with E-state index in [-0.39, 0.29) is 28.4 Å². The van der Waals surface area contributed by atoms with E-state index in [2.05, 4.69) is 54.8 Å². The first-order valence-electron chi connectivity index (χ1n) is 16.4. The summed E-state index contributed by atoms with van der Waals surface area (Å²) >= 11 is 0. The van der Waals surface area contributed by atoms with E-state index < -0.39 is 5.89 Å². The molecule has 1 heterocycles. The van der Waals surface area contributed by atoms with Crippen LogP contribution in [0.1, 0.15) is 90.6 Å². The maximum absolute atomic E-state index is 13.7. The Hall–Kier alpha value is -2.62. The normalized spacial score (nSPS) is 38.4. The fourth-order valence-corrected chi connectivity index (χ4v) is 9.27. The zero-order valence-corrected chi connectivity index (χ0v) is 24.5. The molecule has 2 saturated carbocycles. The quantitative estimate of drug-likeness (QED) is 0.346. The lowest BCUT2D eigenvalue weighted by molar-refractivity contribution is -0.132. The van der Waals surface area contributed by atoms with Gasteiger partial charge in [0.15, 0.2) is 5.78 Å². The van der Waals surface area contributed by atoms with Gasteiger partial charge < -0.3 is 10.6 Å². The number of rotatable bonds is 8. The standard InChI is InChI=1S/C36H48N2O2/c1-35-21-19-31-29(24-37-33-22-28(39)18-20-36(31,33)2)30(35)16-17-32(35)34(40)38-23-27-15-9-8-14-26(27)13-7-6-12-25-10-4-3-5-11-25/h3-5,8-10,14-15,22,25,29-32,37H,6-7,11-13,16-21,23-24H2,1-2H3,(H,38,40)/t25?,29-,30-,31-,32+,35-,36+/m0/s1/i25T. The van der Waals surface area contributed by atoms with Gasteiger partial charge >= 0.3 is 0 Å². The van der Waals surface area contributed by atoms with Crippen LogP contribution in [-0.4, -0.2) is 18.2 Å². The third-order valence-corrected chi connectivity index (χ3v) is 11.6. The zero-order valence-electron chi connectivity index (χ0n) is 25.5. The van der Waals surface area contributed by atoms with Crippen LogP contribution in [-0.2, 0) is 22.6 Å². The van der Waals surface area contributed by atoms with E-state index in [0.717, 1.165) is 70.8 Å². The largest absolute Gasteiger partial charge is 0.387 e. The predicted octanol–water partition coefficient (Wildman–Crippen LogP) is 7.06. The second-order valence-corrected chi connectivity index (χ2v) is 13.7. The molecule has 4 heteroatoms. The molecule has 1 unspecified atom stereocenters. The number of aryl methyl sites for hydroxylation is 1. The second-order valence-electron chi connectivity index (χ2n) is 13.7. The van der Waals surface area contributed by atoms with Crippen LogP contribution in [0.25, 0.3) is 0 Å². The zero-order chi connectivity index (χ0) is 28.7. The molecule has 0 spiro atoms. The van der Waals surface area contributed by atoms with Crippen molar-refractivity contribution in [2.45, 2.75) is 91.0 Å². The first-order chi connectivity index (χ1) is 19.7. The van der Waals surface area contributed by atoms with Gasteiger partial charge in [-0.1, -0.05) is 68.8 Å². The lowest BCUT2D eigenvalue weighted by Crippen LogP contribution is -2.57. The van der Waals surface area contributed by atoms with Crippen molar-refractivity contribution >= 4 is 11.7 Å². The summed E-state index contributed by atoms with van der Waals surface area (Å²) in [6, 6.07) is 8.54. The van der Waals surface area contributed by atoms with Crippen LogP contribution in [0.5, 0.6) is 0 Å². The molecule has 1 aromatic rings. The minimum atomic E-state index is -0.448. The molecule has 5 aliphatic rings. The van der Waals surface area contributed by atoms with Crippen molar-refractivity contribution in [3.05, 3.63) is 71.5 Å². The number of benzene rings is 1. The van der Waals surface area contributed by atoms with Gasteiger partial charge in [0.1, 0.15) is 0 Å². The van der Waals surface area contributed by atoms with Gasteiger partial charge in [-0.15, -0.1) is 0 Å². The van der Waals surface area contributed by atoms with Gasteiger partial charge in [0, 0.05) is 44.0 Å². The number of nitrogens with one attached hydrogen (secondary N) is 2. The molecular formula is C36H48N2O2. The van der Waals surface area contributed by atoms with Gasteiger partial charge in [0.25, 0.3) is 0 Å². The lowest BCUT2D eigenvalue weighted by atomic mass is 9.50. The summed E-state index contributed by atoms with van der Waals surface area (Å²) in [5.74, 6) is 1.85. The van der Waals surface area contributed by atoms with Crippen molar-refractivity contribution in [1.29, 1.82) is 0 Å². The molecule has 214 valence electrons. The molecule has 2 N–H and O–H groups in total. The molecule has 0 bridgehead atoms. The SMILES string of the molecule is [3H]C1(CCCCc2ccccc2CNC(=O)[C@H]2CC[C@H]3[C@@H]4CNC5=CC(=O)CC[C@]5(C)[C@H]4CC[C@]23C)C=CC=CC1. The summed E-state index contributed by atoms with van der Waals surface area (Å²) in [4.78, 5) is 25.9. The van der Waals surface area contributed by atoms with Crippen LogP contribution in [0.3, 0.4) is 0 Å². The molecule has 3 fully saturated rings. The van der Waals surface area contributed by atoms with E-state index in [4.69, 9.17) is 1.37 Å². The summed E-state index contributed by atoms with van der Waals surface area (Å²) in [5.41, 5.74) is 3.84. The Labute approximate surface area is 242 Å². The highest BCUT2D eigenvalue weighted by atomic mass is 16.2. The summed E-state index contributed by atoms with van der Waals surface area (Å²) in [5, 5.41) is 7.05. The lowest BCUT2D eigenvalue weighted by Gasteiger charge is -2.58. The van der Waals surface area contributed by atoms with Gasteiger partial charge in [0.2, 0.25) is 5.91 Å². The topological polar surface area (TPSA) is 58.2 Å². The van der Waals surface area contributed by atoms with Crippen LogP contribution in [0, 0.1) is 40.4 Å². The summed E-state index contributed by atoms with van der Waals surface area (Å²) in [6.45, 7) is 6.31. The number of allylic oxidation sites excluding steroid dienone is 6. The number of fused-ring (bicyclic) bond motifs is 5. The number of hydrogen-bond donors (Lipinski definition) is 2. The van der Waals surface area contributed by atoms with Crippen molar-refractivity contribution in [1.82, 2.24) is 10.6 Å². The maximum Gasteiger partial charge on any atom is 0.223 e. The molecule has 1 saturated heterocycles. The first kappa shape index (κ1) is 26.3. The van der Waals surface area contributed by atoms with Gasteiger partial charge in [-0.3, -0.25) is 9.59 Å². The summed E-state index contributed by atoms with van der Waals surface area (Å²) in [7, 11) is 0. The average Bonchev–Trinajstić information content (AvgIpc) is 3.33. The fraction of sp³-hybridized carbons (Fsp3) is 0.611. The number of ketones is 1. The Morgan fingerprint density at radius 2 is 1.93 bits per heavy atom. The molecule has 1 aliphatic heterocycles. The number of carbonyl (C=O) groups excluding carboxylic acids is 2. The van der Waals surface area contributed by atoms with E-state index >= 15 is 0 Å². The summed E-state index contributed by atoms with van der Waals surface area (Å²) < 4.78 is 8.62.